The molecule has 0 spiro atoms. The number of esters is 1. The van der Waals surface area contributed by atoms with Gasteiger partial charge in [-0.25, -0.2) is 4.79 Å². The first-order valence-electron chi connectivity index (χ1n) is 9.37. The van der Waals surface area contributed by atoms with E-state index in [0.717, 1.165) is 48.8 Å². The van der Waals surface area contributed by atoms with Crippen LogP contribution in [0, 0.1) is 28.1 Å². The van der Waals surface area contributed by atoms with Gasteiger partial charge in [0.05, 0.1) is 23.9 Å². The smallest absolute Gasteiger partial charge is 0.333 e. The van der Waals surface area contributed by atoms with Gasteiger partial charge in [0, 0.05) is 5.92 Å². The van der Waals surface area contributed by atoms with E-state index in [0.29, 0.717) is 0 Å². The van der Waals surface area contributed by atoms with Crippen molar-refractivity contribution in [3.63, 3.8) is 0 Å². The number of nitrogens with zero attached hydrogens (tertiary/aromatic N) is 2. The Morgan fingerprint density at radius 1 is 1.22 bits per heavy atom. The average molecular weight is 361 g/mol. The molecule has 27 heavy (non-hydrogen) atoms. The lowest BCUT2D eigenvalue weighted by Gasteiger charge is -2.40. The maximum atomic E-state index is 13.1. The molecule has 0 bridgehead atoms. The molecule has 2 atom stereocenters. The van der Waals surface area contributed by atoms with Gasteiger partial charge in [-0.3, -0.25) is 0 Å². The SMILES string of the molecule is CCOC(=O)[C@]1(C#N)C(N)=C(C#N)C2=C(CCCCC2)[C@@H]1c1ccccc1. The van der Waals surface area contributed by atoms with Crippen LogP contribution in [-0.4, -0.2) is 12.6 Å². The van der Waals surface area contributed by atoms with Crippen LogP contribution >= 0.6 is 0 Å². The molecule has 2 N–H and O–H groups in total. The second kappa shape index (κ2) is 7.68. The zero-order chi connectivity index (χ0) is 19.4. The minimum atomic E-state index is -1.72. The molecular weight excluding hydrogens is 338 g/mol. The molecule has 2 aliphatic rings. The average Bonchev–Trinajstić information content (AvgIpc) is 2.93. The fraction of sp³-hybridized carbons (Fsp3) is 0.409. The van der Waals surface area contributed by atoms with E-state index in [4.69, 9.17) is 10.5 Å². The normalized spacial score (nSPS) is 25.1. The van der Waals surface area contributed by atoms with Crippen molar-refractivity contribution < 1.29 is 9.53 Å². The van der Waals surface area contributed by atoms with Gasteiger partial charge in [0.1, 0.15) is 6.07 Å². The zero-order valence-corrected chi connectivity index (χ0v) is 15.5. The Morgan fingerprint density at radius 2 is 1.93 bits per heavy atom. The van der Waals surface area contributed by atoms with Crippen LogP contribution in [0.25, 0.3) is 0 Å². The van der Waals surface area contributed by atoms with Crippen molar-refractivity contribution >= 4 is 5.97 Å². The van der Waals surface area contributed by atoms with Crippen LogP contribution in [0.4, 0.5) is 0 Å². The van der Waals surface area contributed by atoms with Crippen LogP contribution < -0.4 is 5.73 Å². The van der Waals surface area contributed by atoms with E-state index in [1.807, 2.05) is 30.3 Å². The molecular formula is C22H23N3O2. The number of allylic oxidation sites excluding steroid dienone is 3. The Kier molecular flexibility index (Phi) is 5.33. The predicted molar refractivity (Wildman–Crippen MR) is 101 cm³/mol. The standard InChI is InChI=1S/C22H23N3O2/c1-2-27-21(26)22(14-24)19(15-9-5-3-6-10-15)17-12-8-4-7-11-16(17)18(13-23)20(22)25/h3,5-6,9-10,19H,2,4,7-8,11-12,25H2,1H3/t19-,22-/m0/s1. The zero-order valence-electron chi connectivity index (χ0n) is 15.5. The number of benzene rings is 1. The van der Waals surface area contributed by atoms with E-state index in [1.165, 1.54) is 0 Å². The third kappa shape index (κ3) is 2.90. The van der Waals surface area contributed by atoms with Gasteiger partial charge in [0.15, 0.2) is 0 Å². The maximum Gasteiger partial charge on any atom is 0.333 e. The highest BCUT2D eigenvalue weighted by atomic mass is 16.5. The predicted octanol–water partition coefficient (Wildman–Crippen LogP) is 3.85. The van der Waals surface area contributed by atoms with E-state index < -0.39 is 17.3 Å². The van der Waals surface area contributed by atoms with Crippen LogP contribution in [0.5, 0.6) is 0 Å². The molecule has 3 rings (SSSR count). The highest BCUT2D eigenvalue weighted by Gasteiger charge is 2.56. The minimum absolute atomic E-state index is 0.0282. The molecule has 1 aromatic carbocycles. The van der Waals surface area contributed by atoms with Crippen molar-refractivity contribution in [3.05, 3.63) is 58.3 Å². The van der Waals surface area contributed by atoms with Crippen molar-refractivity contribution in [3.8, 4) is 12.1 Å². The third-order valence-electron chi connectivity index (χ3n) is 5.56. The van der Waals surface area contributed by atoms with Gasteiger partial charge in [-0.2, -0.15) is 10.5 Å². The van der Waals surface area contributed by atoms with Gasteiger partial charge in [0.2, 0.25) is 5.41 Å². The molecule has 0 aromatic heterocycles. The van der Waals surface area contributed by atoms with Crippen molar-refractivity contribution in [2.24, 2.45) is 11.1 Å². The Labute approximate surface area is 159 Å². The molecule has 0 saturated heterocycles. The molecule has 0 unspecified atom stereocenters. The lowest BCUT2D eigenvalue weighted by molar-refractivity contribution is -0.151. The quantitative estimate of drug-likeness (QED) is 0.824. The summed E-state index contributed by atoms with van der Waals surface area (Å²) in [6, 6.07) is 13.8. The number of ether oxygens (including phenoxy) is 1. The Balaban J connectivity index is 2.35. The minimum Gasteiger partial charge on any atom is -0.464 e. The van der Waals surface area contributed by atoms with Crippen LogP contribution in [0.1, 0.15) is 50.5 Å². The molecule has 2 aliphatic carbocycles. The Bertz CT molecular complexity index is 886. The number of carbonyl (C=O) groups is 1. The summed E-state index contributed by atoms with van der Waals surface area (Å²) >= 11 is 0. The highest BCUT2D eigenvalue weighted by Crippen LogP contribution is 2.54. The Hall–Kier alpha value is -3.05. The van der Waals surface area contributed by atoms with Crippen LogP contribution in [0.15, 0.2) is 52.7 Å². The van der Waals surface area contributed by atoms with E-state index in [2.05, 4.69) is 12.1 Å². The van der Waals surface area contributed by atoms with E-state index >= 15 is 0 Å². The molecule has 138 valence electrons. The van der Waals surface area contributed by atoms with Crippen molar-refractivity contribution in [2.45, 2.75) is 44.9 Å². The molecule has 0 aliphatic heterocycles. The summed E-state index contributed by atoms with van der Waals surface area (Å²) in [5.41, 5.74) is 7.74. The number of carbonyl (C=O) groups excluding carboxylic acids is 1. The number of hydrogen-bond donors (Lipinski definition) is 1. The van der Waals surface area contributed by atoms with Crippen molar-refractivity contribution in [1.29, 1.82) is 10.5 Å². The second-order valence-corrected chi connectivity index (χ2v) is 6.95. The summed E-state index contributed by atoms with van der Waals surface area (Å²) in [5.74, 6) is -1.21. The summed E-state index contributed by atoms with van der Waals surface area (Å²) in [7, 11) is 0. The fourth-order valence-corrected chi connectivity index (χ4v) is 4.35. The summed E-state index contributed by atoms with van der Waals surface area (Å²) in [5, 5.41) is 20.0. The van der Waals surface area contributed by atoms with Crippen molar-refractivity contribution in [1.82, 2.24) is 0 Å². The largest absolute Gasteiger partial charge is 0.464 e. The maximum absolute atomic E-state index is 13.1. The number of hydrogen-bond acceptors (Lipinski definition) is 5. The van der Waals surface area contributed by atoms with E-state index in [1.54, 1.807) is 6.92 Å². The molecule has 0 saturated carbocycles. The first-order chi connectivity index (χ1) is 13.1. The topological polar surface area (TPSA) is 99.9 Å². The molecule has 5 heteroatoms. The summed E-state index contributed by atoms with van der Waals surface area (Å²) < 4.78 is 5.29. The van der Waals surface area contributed by atoms with Gasteiger partial charge in [-0.1, -0.05) is 42.3 Å². The number of rotatable bonds is 3. The van der Waals surface area contributed by atoms with Crippen LogP contribution in [-0.2, 0) is 9.53 Å². The van der Waals surface area contributed by atoms with Gasteiger partial charge in [0.25, 0.3) is 0 Å². The van der Waals surface area contributed by atoms with Gasteiger partial charge >= 0.3 is 5.97 Å². The van der Waals surface area contributed by atoms with Crippen LogP contribution in [0.3, 0.4) is 0 Å². The Morgan fingerprint density at radius 3 is 2.56 bits per heavy atom. The first kappa shape index (κ1) is 18.7. The van der Waals surface area contributed by atoms with Gasteiger partial charge < -0.3 is 10.5 Å². The molecule has 5 nitrogen and oxygen atoms in total. The second-order valence-electron chi connectivity index (χ2n) is 6.95. The lowest BCUT2D eigenvalue weighted by atomic mass is 9.61. The first-order valence-corrected chi connectivity index (χ1v) is 9.37. The van der Waals surface area contributed by atoms with Gasteiger partial charge in [-0.15, -0.1) is 0 Å². The fourth-order valence-electron chi connectivity index (χ4n) is 4.35. The molecule has 0 amide bonds. The van der Waals surface area contributed by atoms with Gasteiger partial charge in [-0.05, 0) is 43.7 Å². The summed E-state index contributed by atoms with van der Waals surface area (Å²) in [4.78, 5) is 13.1. The molecule has 0 heterocycles. The summed E-state index contributed by atoms with van der Waals surface area (Å²) in [6.45, 7) is 1.84. The molecule has 0 radical (unpaired) electrons. The highest BCUT2D eigenvalue weighted by molar-refractivity contribution is 5.88. The summed E-state index contributed by atoms with van der Waals surface area (Å²) in [6.07, 6.45) is 4.47. The monoisotopic (exact) mass is 361 g/mol. The van der Waals surface area contributed by atoms with E-state index in [9.17, 15) is 15.3 Å². The number of nitrogens with two attached hydrogens (primary N) is 1. The van der Waals surface area contributed by atoms with Crippen molar-refractivity contribution in [2.75, 3.05) is 6.61 Å². The molecule has 1 aromatic rings. The number of nitriles is 2. The van der Waals surface area contributed by atoms with Crippen LogP contribution in [0.2, 0.25) is 0 Å². The third-order valence-corrected chi connectivity index (χ3v) is 5.56. The molecule has 0 fully saturated rings. The van der Waals surface area contributed by atoms with E-state index in [-0.39, 0.29) is 17.9 Å². The lowest BCUT2D eigenvalue weighted by Crippen LogP contribution is -2.46.